The zero-order valence-corrected chi connectivity index (χ0v) is 13.2. The minimum atomic E-state index is -0.0915. The fourth-order valence-electron chi connectivity index (χ4n) is 1.66. The molecule has 0 heterocycles. The molecule has 0 unspecified atom stereocenters. The number of amides is 1. The largest absolute Gasteiger partial charge is 0.484 e. The summed E-state index contributed by atoms with van der Waals surface area (Å²) in [5.74, 6) is 0.520. The molecule has 4 nitrogen and oxygen atoms in total. The van der Waals surface area contributed by atoms with Crippen LogP contribution in [0.4, 0.5) is 0 Å². The number of nitrogens with zero attached hydrogens (tertiary/aromatic N) is 1. The molecule has 0 aromatic heterocycles. The Morgan fingerprint density at radius 1 is 1.40 bits per heavy atom. The first-order chi connectivity index (χ1) is 9.40. The molecule has 0 aliphatic rings. The number of carbonyl (C=O) groups excluding carboxylic acids is 1. The van der Waals surface area contributed by atoms with Gasteiger partial charge in [-0.2, -0.15) is 0 Å². The molecule has 110 valence electrons. The lowest BCUT2D eigenvalue weighted by molar-refractivity contribution is -0.134. The summed E-state index contributed by atoms with van der Waals surface area (Å²) in [6.07, 6.45) is 0.514. The highest BCUT2D eigenvalue weighted by molar-refractivity contribution is 7.80. The van der Waals surface area contributed by atoms with Crippen LogP contribution in [0.15, 0.2) is 24.3 Å². The number of thiocarbonyl (C=S) groups is 1. The maximum atomic E-state index is 12.1. The van der Waals surface area contributed by atoms with Crippen molar-refractivity contribution in [2.24, 2.45) is 5.73 Å². The zero-order valence-electron chi connectivity index (χ0n) is 11.6. The van der Waals surface area contributed by atoms with E-state index in [2.05, 4.69) is 0 Å². The molecule has 1 rings (SSSR count). The molecule has 1 aromatic carbocycles. The Balaban J connectivity index is 2.53. The average molecular weight is 315 g/mol. The van der Waals surface area contributed by atoms with Gasteiger partial charge >= 0.3 is 0 Å². The summed E-state index contributed by atoms with van der Waals surface area (Å²) < 4.78 is 5.45. The molecule has 6 heteroatoms. The van der Waals surface area contributed by atoms with Gasteiger partial charge in [-0.15, -0.1) is 0 Å². The summed E-state index contributed by atoms with van der Waals surface area (Å²) in [7, 11) is 0. The van der Waals surface area contributed by atoms with Gasteiger partial charge in [-0.3, -0.25) is 4.79 Å². The molecular formula is C14H19ClN2O2S. The van der Waals surface area contributed by atoms with Gasteiger partial charge in [-0.1, -0.05) is 23.8 Å². The first-order valence-corrected chi connectivity index (χ1v) is 7.15. The van der Waals surface area contributed by atoms with E-state index >= 15 is 0 Å². The van der Waals surface area contributed by atoms with Crippen LogP contribution in [0.3, 0.4) is 0 Å². The highest BCUT2D eigenvalue weighted by atomic mass is 35.5. The highest BCUT2D eigenvalue weighted by Crippen LogP contribution is 2.15. The normalized spacial score (nSPS) is 10.4. The number of rotatable bonds is 7. The number of hydrogen-bond donors (Lipinski definition) is 1. The van der Waals surface area contributed by atoms with Crippen molar-refractivity contribution in [3.8, 4) is 5.75 Å². The van der Waals surface area contributed by atoms with Crippen LogP contribution >= 0.6 is 23.8 Å². The molecule has 0 aliphatic carbocycles. The Bertz CT molecular complexity index is 463. The van der Waals surface area contributed by atoms with Crippen molar-refractivity contribution < 1.29 is 9.53 Å². The number of hydrogen-bond acceptors (Lipinski definition) is 3. The van der Waals surface area contributed by atoms with E-state index in [1.54, 1.807) is 29.2 Å². The predicted octanol–water partition coefficient (Wildman–Crippen LogP) is 2.63. The van der Waals surface area contributed by atoms with E-state index in [4.69, 9.17) is 34.3 Å². The van der Waals surface area contributed by atoms with E-state index in [-0.39, 0.29) is 18.6 Å². The van der Waals surface area contributed by atoms with Crippen molar-refractivity contribution in [1.82, 2.24) is 4.90 Å². The molecular weight excluding hydrogens is 296 g/mol. The van der Waals surface area contributed by atoms with Crippen LogP contribution in [0.2, 0.25) is 5.02 Å². The summed E-state index contributed by atoms with van der Waals surface area (Å²) in [5.41, 5.74) is 5.47. The second-order valence-electron chi connectivity index (χ2n) is 4.64. The van der Waals surface area contributed by atoms with Crippen molar-refractivity contribution in [3.63, 3.8) is 0 Å². The molecule has 0 fully saturated rings. The quantitative estimate of drug-likeness (QED) is 0.786. The molecule has 0 aliphatic heterocycles. The topological polar surface area (TPSA) is 55.6 Å². The van der Waals surface area contributed by atoms with Crippen molar-refractivity contribution in [2.45, 2.75) is 26.3 Å². The summed E-state index contributed by atoms with van der Waals surface area (Å²) in [4.78, 5) is 14.2. The Hall–Kier alpha value is -1.33. The van der Waals surface area contributed by atoms with Gasteiger partial charge in [0.15, 0.2) is 6.61 Å². The number of carbonyl (C=O) groups is 1. The van der Waals surface area contributed by atoms with Gasteiger partial charge in [0.25, 0.3) is 5.91 Å². The van der Waals surface area contributed by atoms with Gasteiger partial charge in [0, 0.05) is 24.0 Å². The molecule has 0 bridgehead atoms. The first kappa shape index (κ1) is 16.7. The summed E-state index contributed by atoms with van der Waals surface area (Å²) in [6, 6.07) is 6.96. The third-order valence-electron chi connectivity index (χ3n) is 2.72. The van der Waals surface area contributed by atoms with Crippen LogP contribution in [0, 0.1) is 0 Å². The van der Waals surface area contributed by atoms with Crippen LogP contribution in [-0.2, 0) is 4.79 Å². The van der Waals surface area contributed by atoms with Gasteiger partial charge in [-0.25, -0.2) is 0 Å². The Morgan fingerprint density at radius 2 is 2.00 bits per heavy atom. The molecule has 0 saturated heterocycles. The molecule has 20 heavy (non-hydrogen) atoms. The van der Waals surface area contributed by atoms with Gasteiger partial charge < -0.3 is 15.4 Å². The van der Waals surface area contributed by atoms with Crippen molar-refractivity contribution in [2.75, 3.05) is 13.2 Å². The third-order valence-corrected chi connectivity index (χ3v) is 3.17. The standard InChI is InChI=1S/C14H19ClN2O2S/c1-10(2)17(8-7-13(16)20)14(18)9-19-12-5-3-11(15)4-6-12/h3-6,10H,7-9H2,1-2H3,(H2,16,20). The van der Waals surface area contributed by atoms with Crippen molar-refractivity contribution in [1.29, 1.82) is 0 Å². The molecule has 0 saturated carbocycles. The zero-order chi connectivity index (χ0) is 15.1. The molecule has 2 N–H and O–H groups in total. The first-order valence-electron chi connectivity index (χ1n) is 6.36. The van der Waals surface area contributed by atoms with Crippen LogP contribution in [-0.4, -0.2) is 35.0 Å². The van der Waals surface area contributed by atoms with E-state index in [0.29, 0.717) is 28.7 Å². The minimum Gasteiger partial charge on any atom is -0.484 e. The van der Waals surface area contributed by atoms with Gasteiger partial charge in [0.05, 0.1) is 4.99 Å². The maximum Gasteiger partial charge on any atom is 0.260 e. The monoisotopic (exact) mass is 314 g/mol. The summed E-state index contributed by atoms with van der Waals surface area (Å²) in [5, 5.41) is 0.629. The Morgan fingerprint density at radius 3 is 2.50 bits per heavy atom. The lowest BCUT2D eigenvalue weighted by atomic mass is 10.2. The van der Waals surface area contributed by atoms with E-state index in [9.17, 15) is 4.79 Å². The number of benzene rings is 1. The van der Waals surface area contributed by atoms with Gasteiger partial charge in [-0.05, 0) is 38.1 Å². The maximum absolute atomic E-state index is 12.1. The smallest absolute Gasteiger partial charge is 0.260 e. The molecule has 1 aromatic rings. The van der Waals surface area contributed by atoms with Gasteiger partial charge in [0.2, 0.25) is 0 Å². The summed E-state index contributed by atoms with van der Waals surface area (Å²) in [6.45, 7) is 4.38. The lowest BCUT2D eigenvalue weighted by Crippen LogP contribution is -2.41. The minimum absolute atomic E-state index is 0.0167. The number of halogens is 1. The molecule has 0 atom stereocenters. The number of nitrogens with two attached hydrogens (primary N) is 1. The van der Waals surface area contributed by atoms with E-state index in [1.807, 2.05) is 13.8 Å². The summed E-state index contributed by atoms with van der Waals surface area (Å²) >= 11 is 10.6. The fourth-order valence-corrected chi connectivity index (χ4v) is 1.88. The van der Waals surface area contributed by atoms with Crippen molar-refractivity contribution >= 4 is 34.7 Å². The van der Waals surface area contributed by atoms with E-state index in [0.717, 1.165) is 0 Å². The molecule has 0 spiro atoms. The lowest BCUT2D eigenvalue weighted by Gasteiger charge is -2.26. The Labute approximate surface area is 129 Å². The van der Waals surface area contributed by atoms with Crippen molar-refractivity contribution in [3.05, 3.63) is 29.3 Å². The molecule has 1 amide bonds. The Kier molecular flexibility index (Phi) is 6.75. The van der Waals surface area contributed by atoms with E-state index < -0.39 is 0 Å². The number of ether oxygens (including phenoxy) is 1. The fraction of sp³-hybridized carbons (Fsp3) is 0.429. The third kappa shape index (κ3) is 5.75. The SMILES string of the molecule is CC(C)N(CCC(N)=S)C(=O)COc1ccc(Cl)cc1. The second-order valence-corrected chi connectivity index (χ2v) is 5.60. The highest BCUT2D eigenvalue weighted by Gasteiger charge is 2.17. The average Bonchev–Trinajstić information content (AvgIpc) is 2.37. The van der Waals surface area contributed by atoms with Crippen LogP contribution in [0.25, 0.3) is 0 Å². The van der Waals surface area contributed by atoms with Crippen LogP contribution in [0.1, 0.15) is 20.3 Å². The second kappa shape index (κ2) is 8.07. The van der Waals surface area contributed by atoms with E-state index in [1.165, 1.54) is 0 Å². The predicted molar refractivity (Wildman–Crippen MR) is 85.2 cm³/mol. The van der Waals surface area contributed by atoms with Gasteiger partial charge in [0.1, 0.15) is 5.75 Å². The molecule has 0 radical (unpaired) electrons. The van der Waals surface area contributed by atoms with Crippen LogP contribution in [0.5, 0.6) is 5.75 Å². The van der Waals surface area contributed by atoms with Crippen LogP contribution < -0.4 is 10.5 Å².